The van der Waals surface area contributed by atoms with Gasteiger partial charge < -0.3 is 15.4 Å². The van der Waals surface area contributed by atoms with E-state index in [1.807, 2.05) is 36.4 Å². The largest absolute Gasteiger partial charge is 0.493 e. The third kappa shape index (κ3) is 6.31. The zero-order valence-electron chi connectivity index (χ0n) is 18.0. The number of hydrogen-bond acceptors (Lipinski definition) is 3. The number of nitrogens with one attached hydrogen (secondary N) is 2. The minimum atomic E-state index is -0.239. The maximum Gasteiger partial charge on any atom is 0.255 e. The summed E-state index contributed by atoms with van der Waals surface area (Å²) in [6.45, 7) is 0.567. The molecule has 5 nitrogen and oxygen atoms in total. The van der Waals surface area contributed by atoms with Crippen molar-refractivity contribution in [2.24, 2.45) is 0 Å². The molecular weight excluding hydrogens is 412 g/mol. The van der Waals surface area contributed by atoms with Gasteiger partial charge in [0.05, 0.1) is 6.61 Å². The molecule has 4 rings (SSSR count). The van der Waals surface area contributed by atoms with E-state index in [4.69, 9.17) is 4.74 Å². The van der Waals surface area contributed by atoms with E-state index in [1.165, 1.54) is 5.56 Å². The van der Waals surface area contributed by atoms with Gasteiger partial charge in [0.1, 0.15) is 5.75 Å². The Morgan fingerprint density at radius 3 is 1.76 bits per heavy atom. The summed E-state index contributed by atoms with van der Waals surface area (Å²) in [5.41, 5.74) is 3.50. The van der Waals surface area contributed by atoms with Crippen LogP contribution in [0.1, 0.15) is 26.3 Å². The average molecular weight is 437 g/mol. The molecule has 5 heteroatoms. The lowest BCUT2D eigenvalue weighted by Gasteiger charge is -2.10. The highest BCUT2D eigenvalue weighted by Gasteiger charge is 2.09. The summed E-state index contributed by atoms with van der Waals surface area (Å²) < 4.78 is 5.78. The number of hydrogen-bond donors (Lipinski definition) is 2. The first-order valence-electron chi connectivity index (χ1n) is 10.7. The van der Waals surface area contributed by atoms with Crippen LogP contribution in [0, 0.1) is 0 Å². The van der Waals surface area contributed by atoms with Crippen LogP contribution in [0.25, 0.3) is 0 Å². The maximum atomic E-state index is 12.6. The summed E-state index contributed by atoms with van der Waals surface area (Å²) in [4.78, 5) is 25.0. The molecular formula is C28H24N2O3. The monoisotopic (exact) mass is 436 g/mol. The fourth-order valence-electron chi connectivity index (χ4n) is 3.30. The highest BCUT2D eigenvalue weighted by atomic mass is 16.5. The van der Waals surface area contributed by atoms with Crippen LogP contribution in [0.3, 0.4) is 0 Å². The predicted molar refractivity (Wildman–Crippen MR) is 131 cm³/mol. The highest BCUT2D eigenvalue weighted by Crippen LogP contribution is 2.18. The fraction of sp³-hybridized carbons (Fsp3) is 0.0714. The van der Waals surface area contributed by atoms with Crippen molar-refractivity contribution >= 4 is 23.2 Å². The Balaban J connectivity index is 1.31. The topological polar surface area (TPSA) is 67.4 Å². The molecule has 0 aliphatic rings. The predicted octanol–water partition coefficient (Wildman–Crippen LogP) is 5.81. The van der Waals surface area contributed by atoms with Gasteiger partial charge in [-0.25, -0.2) is 0 Å². The molecule has 2 N–H and O–H groups in total. The second-order valence-corrected chi connectivity index (χ2v) is 7.46. The smallest absolute Gasteiger partial charge is 0.255 e. The van der Waals surface area contributed by atoms with Gasteiger partial charge in [-0.15, -0.1) is 0 Å². The van der Waals surface area contributed by atoms with Crippen LogP contribution >= 0.6 is 0 Å². The van der Waals surface area contributed by atoms with E-state index >= 15 is 0 Å². The molecule has 0 spiro atoms. The highest BCUT2D eigenvalue weighted by molar-refractivity contribution is 6.06. The van der Waals surface area contributed by atoms with Crippen LogP contribution in [-0.4, -0.2) is 18.4 Å². The number of anilines is 2. The summed E-state index contributed by atoms with van der Waals surface area (Å²) in [7, 11) is 0. The Morgan fingerprint density at radius 2 is 1.15 bits per heavy atom. The normalized spacial score (nSPS) is 10.3. The lowest BCUT2D eigenvalue weighted by atomic mass is 10.1. The Labute approximate surface area is 193 Å². The number of rotatable bonds is 8. The van der Waals surface area contributed by atoms with Crippen molar-refractivity contribution in [3.8, 4) is 5.75 Å². The molecule has 0 aliphatic heterocycles. The minimum absolute atomic E-state index is 0.207. The van der Waals surface area contributed by atoms with Crippen molar-refractivity contribution in [3.63, 3.8) is 0 Å². The molecule has 4 aromatic rings. The van der Waals surface area contributed by atoms with Crippen molar-refractivity contribution in [2.75, 3.05) is 17.2 Å². The number of ether oxygens (including phenoxy) is 1. The Bertz CT molecular complexity index is 1210. The number of carbonyl (C=O) groups excluding carboxylic acids is 2. The third-order valence-electron chi connectivity index (χ3n) is 5.03. The first-order chi connectivity index (χ1) is 16.2. The van der Waals surface area contributed by atoms with Crippen LogP contribution in [0.2, 0.25) is 0 Å². The van der Waals surface area contributed by atoms with E-state index in [1.54, 1.807) is 60.7 Å². The van der Waals surface area contributed by atoms with Crippen molar-refractivity contribution in [1.82, 2.24) is 0 Å². The summed E-state index contributed by atoms with van der Waals surface area (Å²) in [5, 5.41) is 5.71. The summed E-state index contributed by atoms with van der Waals surface area (Å²) in [6.07, 6.45) is 0.820. The molecule has 2 amide bonds. The van der Waals surface area contributed by atoms with E-state index in [0.717, 1.165) is 6.42 Å². The molecule has 0 heterocycles. The van der Waals surface area contributed by atoms with E-state index < -0.39 is 0 Å². The Hall–Kier alpha value is -4.38. The van der Waals surface area contributed by atoms with Gasteiger partial charge >= 0.3 is 0 Å². The van der Waals surface area contributed by atoms with Crippen molar-refractivity contribution in [3.05, 3.63) is 126 Å². The molecule has 0 aliphatic carbocycles. The second-order valence-electron chi connectivity index (χ2n) is 7.46. The van der Waals surface area contributed by atoms with Crippen molar-refractivity contribution < 1.29 is 14.3 Å². The minimum Gasteiger partial charge on any atom is -0.493 e. The van der Waals surface area contributed by atoms with Gasteiger partial charge in [0.25, 0.3) is 11.8 Å². The molecule has 0 saturated heterocycles. The molecule has 164 valence electrons. The van der Waals surface area contributed by atoms with Crippen LogP contribution in [0.4, 0.5) is 11.4 Å². The number of carbonyl (C=O) groups is 2. The zero-order chi connectivity index (χ0) is 22.9. The Kier molecular flexibility index (Phi) is 7.13. The SMILES string of the molecule is O=C(Nc1cccc(NC(=O)c2ccc(OCCc3ccccc3)cc2)c1)c1ccccc1. The molecule has 0 radical (unpaired) electrons. The number of amides is 2. The van der Waals surface area contributed by atoms with E-state index in [2.05, 4.69) is 22.8 Å². The van der Waals surface area contributed by atoms with Gasteiger partial charge in [-0.05, 0) is 60.2 Å². The second kappa shape index (κ2) is 10.8. The van der Waals surface area contributed by atoms with E-state index in [-0.39, 0.29) is 11.8 Å². The molecule has 4 aromatic carbocycles. The van der Waals surface area contributed by atoms with E-state index in [9.17, 15) is 9.59 Å². The number of benzene rings is 4. The molecule has 0 aromatic heterocycles. The van der Waals surface area contributed by atoms with Gasteiger partial charge in [0.15, 0.2) is 0 Å². The quantitative estimate of drug-likeness (QED) is 0.366. The van der Waals surface area contributed by atoms with Crippen LogP contribution < -0.4 is 15.4 Å². The van der Waals surface area contributed by atoms with Crippen LogP contribution in [0.15, 0.2) is 109 Å². The molecule has 0 saturated carbocycles. The third-order valence-corrected chi connectivity index (χ3v) is 5.03. The Morgan fingerprint density at radius 1 is 0.606 bits per heavy atom. The summed E-state index contributed by atoms with van der Waals surface area (Å²) in [6, 6.07) is 33.2. The molecule has 33 heavy (non-hydrogen) atoms. The van der Waals surface area contributed by atoms with Crippen LogP contribution in [-0.2, 0) is 6.42 Å². The lowest BCUT2D eigenvalue weighted by Crippen LogP contribution is -2.14. The maximum absolute atomic E-state index is 12.6. The molecule has 0 fully saturated rings. The van der Waals surface area contributed by atoms with Gasteiger partial charge in [0, 0.05) is 28.9 Å². The lowest BCUT2D eigenvalue weighted by molar-refractivity contribution is 0.101. The fourth-order valence-corrected chi connectivity index (χ4v) is 3.30. The first kappa shape index (κ1) is 21.8. The van der Waals surface area contributed by atoms with E-state index in [0.29, 0.717) is 34.9 Å². The van der Waals surface area contributed by atoms with Gasteiger partial charge in [0.2, 0.25) is 0 Å². The molecule has 0 atom stereocenters. The molecule has 0 bridgehead atoms. The van der Waals surface area contributed by atoms with Crippen molar-refractivity contribution in [2.45, 2.75) is 6.42 Å². The molecule has 0 unspecified atom stereocenters. The van der Waals surface area contributed by atoms with Gasteiger partial charge in [-0.1, -0.05) is 54.6 Å². The summed E-state index contributed by atoms with van der Waals surface area (Å²) >= 11 is 0. The van der Waals surface area contributed by atoms with Gasteiger partial charge in [-0.3, -0.25) is 9.59 Å². The first-order valence-corrected chi connectivity index (χ1v) is 10.7. The van der Waals surface area contributed by atoms with Crippen molar-refractivity contribution in [1.29, 1.82) is 0 Å². The zero-order valence-corrected chi connectivity index (χ0v) is 18.0. The standard InChI is InChI=1S/C28H24N2O3/c31-27(22-10-5-2-6-11-22)29-24-12-7-13-25(20-24)30-28(32)23-14-16-26(17-15-23)33-19-18-21-8-3-1-4-9-21/h1-17,20H,18-19H2,(H,29,31)(H,30,32). The average Bonchev–Trinajstić information content (AvgIpc) is 2.86. The van der Waals surface area contributed by atoms with Crippen LogP contribution in [0.5, 0.6) is 5.75 Å². The van der Waals surface area contributed by atoms with Gasteiger partial charge in [-0.2, -0.15) is 0 Å². The summed E-state index contributed by atoms with van der Waals surface area (Å²) in [5.74, 6) is 0.271.